The van der Waals surface area contributed by atoms with Crippen molar-refractivity contribution in [3.8, 4) is 17.0 Å². The number of aromatic nitrogens is 4. The molecule has 0 saturated carbocycles. The predicted octanol–water partition coefficient (Wildman–Crippen LogP) is 4.46. The summed E-state index contributed by atoms with van der Waals surface area (Å²) < 4.78 is 7.62. The Morgan fingerprint density at radius 3 is 2.32 bits per heavy atom. The third kappa shape index (κ3) is 5.76. The van der Waals surface area contributed by atoms with Crippen molar-refractivity contribution < 1.29 is 4.74 Å². The fourth-order valence-corrected chi connectivity index (χ4v) is 3.17. The van der Waals surface area contributed by atoms with E-state index in [0.717, 1.165) is 36.6 Å². The molecule has 0 unspecified atom stereocenters. The van der Waals surface area contributed by atoms with Crippen molar-refractivity contribution in [2.24, 2.45) is 0 Å². The van der Waals surface area contributed by atoms with E-state index in [9.17, 15) is 0 Å². The number of benzene rings is 1. The Bertz CT molecular complexity index is 789. The molecule has 0 bridgehead atoms. The molecule has 2 heterocycles. The molecule has 0 radical (unpaired) electrons. The highest BCUT2D eigenvalue weighted by molar-refractivity contribution is 5.61. The van der Waals surface area contributed by atoms with E-state index < -0.39 is 0 Å². The van der Waals surface area contributed by atoms with E-state index in [2.05, 4.69) is 33.8 Å². The molecule has 0 saturated heterocycles. The second-order valence-electron chi connectivity index (χ2n) is 7.09. The maximum absolute atomic E-state index is 5.94. The molecule has 1 aromatic carbocycles. The highest BCUT2D eigenvalue weighted by atomic mass is 16.5. The van der Waals surface area contributed by atoms with Crippen molar-refractivity contribution >= 4 is 5.78 Å². The molecule has 3 rings (SSSR count). The Kier molecular flexibility index (Phi) is 7.79. The third-order valence-corrected chi connectivity index (χ3v) is 4.81. The van der Waals surface area contributed by atoms with Crippen LogP contribution in [0.1, 0.15) is 46.0 Å². The van der Waals surface area contributed by atoms with Gasteiger partial charge in [-0.3, -0.25) is 0 Å². The zero-order chi connectivity index (χ0) is 19.6. The molecule has 0 aliphatic rings. The predicted molar refractivity (Wildman–Crippen MR) is 113 cm³/mol. The number of hydrogen-bond acceptors (Lipinski definition) is 5. The first-order valence-corrected chi connectivity index (χ1v) is 10.4. The lowest BCUT2D eigenvalue weighted by molar-refractivity contribution is 0.229. The average Bonchev–Trinajstić information content (AvgIpc) is 3.17. The summed E-state index contributed by atoms with van der Waals surface area (Å²) in [5.74, 6) is 1.51. The summed E-state index contributed by atoms with van der Waals surface area (Å²) >= 11 is 0. The zero-order valence-electron chi connectivity index (χ0n) is 17.0. The lowest BCUT2D eigenvalue weighted by atomic mass is 10.2. The topological polar surface area (TPSA) is 55.6 Å². The first-order chi connectivity index (χ1) is 13.8. The number of rotatable bonds is 12. The standard InChI is InChI=1S/C22H31N5O/c1-3-5-14-26(15-6-4-2)16-7-17-28-20-10-8-19(9-11-20)21-18-27-22(25-21)23-12-13-24-27/h8-13,18H,3-7,14-17H2,1-2H3. The molecule has 0 aliphatic carbocycles. The summed E-state index contributed by atoms with van der Waals surface area (Å²) in [6.45, 7) is 8.77. The molecule has 0 aliphatic heterocycles. The van der Waals surface area contributed by atoms with Crippen LogP contribution in [0.15, 0.2) is 42.9 Å². The van der Waals surface area contributed by atoms with Crippen LogP contribution in [0.2, 0.25) is 0 Å². The van der Waals surface area contributed by atoms with Crippen molar-refractivity contribution in [2.45, 2.75) is 46.0 Å². The van der Waals surface area contributed by atoms with Crippen LogP contribution < -0.4 is 4.74 Å². The normalized spacial score (nSPS) is 11.4. The van der Waals surface area contributed by atoms with Gasteiger partial charge < -0.3 is 9.64 Å². The SMILES string of the molecule is CCCCN(CCCC)CCCOc1ccc(-c2cn3nccnc3n2)cc1. The van der Waals surface area contributed by atoms with Crippen LogP contribution in [0.25, 0.3) is 17.0 Å². The molecule has 0 N–H and O–H groups in total. The molecule has 6 nitrogen and oxygen atoms in total. The van der Waals surface area contributed by atoms with Gasteiger partial charge in [-0.25, -0.2) is 14.5 Å². The molecule has 0 atom stereocenters. The summed E-state index contributed by atoms with van der Waals surface area (Å²) in [6.07, 6.45) is 11.3. The quantitative estimate of drug-likeness (QED) is 0.434. The summed E-state index contributed by atoms with van der Waals surface area (Å²) in [6, 6.07) is 8.08. The second kappa shape index (κ2) is 10.8. The van der Waals surface area contributed by atoms with Gasteiger partial charge in [0.2, 0.25) is 0 Å². The Hall–Kier alpha value is -2.47. The van der Waals surface area contributed by atoms with E-state index in [-0.39, 0.29) is 0 Å². The minimum Gasteiger partial charge on any atom is -0.494 e. The van der Waals surface area contributed by atoms with Gasteiger partial charge >= 0.3 is 0 Å². The van der Waals surface area contributed by atoms with Gasteiger partial charge in [-0.2, -0.15) is 5.10 Å². The Morgan fingerprint density at radius 1 is 0.929 bits per heavy atom. The van der Waals surface area contributed by atoms with Gasteiger partial charge in [0.1, 0.15) is 5.75 Å². The van der Waals surface area contributed by atoms with E-state index in [0.29, 0.717) is 5.78 Å². The highest BCUT2D eigenvalue weighted by Crippen LogP contribution is 2.21. The Morgan fingerprint density at radius 2 is 1.64 bits per heavy atom. The van der Waals surface area contributed by atoms with Gasteiger partial charge in [0.15, 0.2) is 0 Å². The smallest absolute Gasteiger partial charge is 0.251 e. The van der Waals surface area contributed by atoms with Gasteiger partial charge in [0.05, 0.1) is 30.9 Å². The molecule has 28 heavy (non-hydrogen) atoms. The molecule has 6 heteroatoms. The molecule has 0 amide bonds. The largest absolute Gasteiger partial charge is 0.494 e. The molecule has 0 fully saturated rings. The van der Waals surface area contributed by atoms with Gasteiger partial charge in [-0.05, 0) is 56.6 Å². The summed E-state index contributed by atoms with van der Waals surface area (Å²) in [5, 5.41) is 4.21. The second-order valence-corrected chi connectivity index (χ2v) is 7.09. The van der Waals surface area contributed by atoms with Crippen LogP contribution in [0.3, 0.4) is 0 Å². The minimum atomic E-state index is 0.605. The first-order valence-electron chi connectivity index (χ1n) is 10.4. The van der Waals surface area contributed by atoms with Crippen LogP contribution in [-0.4, -0.2) is 50.7 Å². The van der Waals surface area contributed by atoms with E-state index in [4.69, 9.17) is 4.74 Å². The molecular formula is C22H31N5O. The summed E-state index contributed by atoms with van der Waals surface area (Å²) in [5.41, 5.74) is 1.89. The third-order valence-electron chi connectivity index (χ3n) is 4.81. The van der Waals surface area contributed by atoms with Crippen molar-refractivity contribution in [3.05, 3.63) is 42.9 Å². The lowest BCUT2D eigenvalue weighted by Crippen LogP contribution is -2.28. The fourth-order valence-electron chi connectivity index (χ4n) is 3.17. The van der Waals surface area contributed by atoms with Crippen LogP contribution in [-0.2, 0) is 0 Å². The monoisotopic (exact) mass is 381 g/mol. The zero-order valence-corrected chi connectivity index (χ0v) is 17.0. The van der Waals surface area contributed by atoms with Crippen LogP contribution in [0, 0.1) is 0 Å². The highest BCUT2D eigenvalue weighted by Gasteiger charge is 2.07. The van der Waals surface area contributed by atoms with Crippen molar-refractivity contribution in [3.63, 3.8) is 0 Å². The Labute approximate surface area is 167 Å². The number of fused-ring (bicyclic) bond motifs is 1. The molecule has 2 aromatic heterocycles. The number of imidazole rings is 1. The number of nitrogens with zero attached hydrogens (tertiary/aromatic N) is 5. The molecular weight excluding hydrogens is 350 g/mol. The van der Waals surface area contributed by atoms with Crippen LogP contribution in [0.4, 0.5) is 0 Å². The van der Waals surface area contributed by atoms with Gasteiger partial charge in [0.25, 0.3) is 5.78 Å². The van der Waals surface area contributed by atoms with E-state index in [1.54, 1.807) is 16.9 Å². The van der Waals surface area contributed by atoms with Gasteiger partial charge in [0, 0.05) is 12.1 Å². The minimum absolute atomic E-state index is 0.605. The number of hydrogen-bond donors (Lipinski definition) is 0. The van der Waals surface area contributed by atoms with E-state index >= 15 is 0 Å². The molecule has 3 aromatic rings. The molecule has 0 spiro atoms. The number of ether oxygens (including phenoxy) is 1. The lowest BCUT2D eigenvalue weighted by Gasteiger charge is -2.21. The average molecular weight is 382 g/mol. The number of unbranched alkanes of at least 4 members (excludes halogenated alkanes) is 2. The van der Waals surface area contributed by atoms with Crippen molar-refractivity contribution in [1.29, 1.82) is 0 Å². The summed E-state index contributed by atoms with van der Waals surface area (Å²) in [4.78, 5) is 11.3. The van der Waals surface area contributed by atoms with E-state index in [1.807, 2.05) is 30.5 Å². The maximum atomic E-state index is 5.94. The van der Waals surface area contributed by atoms with E-state index in [1.165, 1.54) is 38.8 Å². The van der Waals surface area contributed by atoms with Gasteiger partial charge in [-0.15, -0.1) is 0 Å². The van der Waals surface area contributed by atoms with Crippen LogP contribution in [0.5, 0.6) is 5.75 Å². The fraction of sp³-hybridized carbons (Fsp3) is 0.500. The van der Waals surface area contributed by atoms with Crippen molar-refractivity contribution in [1.82, 2.24) is 24.5 Å². The Balaban J connectivity index is 1.47. The first kappa shape index (κ1) is 20.3. The summed E-state index contributed by atoms with van der Waals surface area (Å²) in [7, 11) is 0. The maximum Gasteiger partial charge on any atom is 0.251 e. The van der Waals surface area contributed by atoms with Gasteiger partial charge in [-0.1, -0.05) is 26.7 Å². The van der Waals surface area contributed by atoms with Crippen molar-refractivity contribution in [2.75, 3.05) is 26.2 Å². The van der Waals surface area contributed by atoms with Crippen LogP contribution >= 0.6 is 0 Å². The molecule has 150 valence electrons.